The van der Waals surface area contributed by atoms with E-state index < -0.39 is 0 Å². The van der Waals surface area contributed by atoms with Crippen LogP contribution in [0.25, 0.3) is 5.69 Å². The van der Waals surface area contributed by atoms with Crippen LogP contribution in [0.4, 0.5) is 0 Å². The van der Waals surface area contributed by atoms with Crippen LogP contribution in [0.2, 0.25) is 0 Å². The van der Waals surface area contributed by atoms with Gasteiger partial charge in [0.25, 0.3) is 0 Å². The third kappa shape index (κ3) is 2.46. The van der Waals surface area contributed by atoms with E-state index in [9.17, 15) is 0 Å². The predicted molar refractivity (Wildman–Crippen MR) is 74.8 cm³/mol. The van der Waals surface area contributed by atoms with Gasteiger partial charge >= 0.3 is 0 Å². The van der Waals surface area contributed by atoms with Gasteiger partial charge in [-0.05, 0) is 30.7 Å². The number of nitrogens with one attached hydrogen (secondary N) is 1. The van der Waals surface area contributed by atoms with Crippen LogP contribution in [0.1, 0.15) is 32.5 Å². The van der Waals surface area contributed by atoms with Gasteiger partial charge in [0.15, 0.2) is 0 Å². The zero-order valence-electron chi connectivity index (χ0n) is 11.5. The summed E-state index contributed by atoms with van der Waals surface area (Å²) >= 11 is 0. The second-order valence-corrected chi connectivity index (χ2v) is 5.59. The lowest BCUT2D eigenvalue weighted by atomic mass is 9.85. The van der Waals surface area contributed by atoms with Crippen LogP contribution in [0, 0.1) is 5.41 Å². The molecule has 0 aliphatic carbocycles. The fourth-order valence-electron chi connectivity index (χ4n) is 2.34. The molecule has 0 aliphatic rings. The van der Waals surface area contributed by atoms with E-state index in [0.29, 0.717) is 0 Å². The summed E-state index contributed by atoms with van der Waals surface area (Å²) in [6.45, 7) is 6.70. The van der Waals surface area contributed by atoms with Crippen molar-refractivity contribution in [3.05, 3.63) is 48.3 Å². The monoisotopic (exact) mass is 243 g/mol. The summed E-state index contributed by atoms with van der Waals surface area (Å²) < 4.78 is 2.01. The highest BCUT2D eigenvalue weighted by Gasteiger charge is 2.27. The highest BCUT2D eigenvalue weighted by Crippen LogP contribution is 2.33. The zero-order valence-corrected chi connectivity index (χ0v) is 11.5. The van der Waals surface area contributed by atoms with Crippen LogP contribution in [0.15, 0.2) is 42.6 Å². The largest absolute Gasteiger partial charge is 0.311 e. The molecule has 1 aromatic heterocycles. The molecule has 0 radical (unpaired) electrons. The van der Waals surface area contributed by atoms with E-state index in [1.165, 1.54) is 5.69 Å². The Bertz CT molecular complexity index is 494. The molecule has 0 amide bonds. The number of nitrogens with zero attached hydrogens (tertiary/aromatic N) is 2. The fraction of sp³-hybridized carbons (Fsp3) is 0.400. The molecule has 0 bridgehead atoms. The third-order valence-electron chi connectivity index (χ3n) is 3.12. The van der Waals surface area contributed by atoms with E-state index in [1.54, 1.807) is 0 Å². The highest BCUT2D eigenvalue weighted by atomic mass is 15.3. The van der Waals surface area contributed by atoms with Crippen molar-refractivity contribution in [3.63, 3.8) is 0 Å². The maximum Gasteiger partial charge on any atom is 0.0649 e. The summed E-state index contributed by atoms with van der Waals surface area (Å²) in [6.07, 6.45) is 1.86. The molecule has 0 fully saturated rings. The topological polar surface area (TPSA) is 29.9 Å². The Labute approximate surface area is 109 Å². The first-order valence-corrected chi connectivity index (χ1v) is 6.30. The predicted octanol–water partition coefficient (Wildman–Crippen LogP) is 3.18. The van der Waals surface area contributed by atoms with Gasteiger partial charge in [-0.1, -0.05) is 39.0 Å². The molecule has 0 aliphatic heterocycles. The highest BCUT2D eigenvalue weighted by molar-refractivity contribution is 5.33. The normalized spacial score (nSPS) is 13.6. The quantitative estimate of drug-likeness (QED) is 0.897. The van der Waals surface area contributed by atoms with E-state index in [1.807, 2.05) is 36.1 Å². The molecule has 0 saturated carbocycles. The van der Waals surface area contributed by atoms with Crippen molar-refractivity contribution in [2.45, 2.75) is 26.8 Å². The maximum atomic E-state index is 4.45. The Hall–Kier alpha value is -1.61. The van der Waals surface area contributed by atoms with Crippen molar-refractivity contribution >= 4 is 0 Å². The molecule has 0 spiro atoms. The van der Waals surface area contributed by atoms with Gasteiger partial charge in [-0.25, -0.2) is 4.68 Å². The average Bonchev–Trinajstić information content (AvgIpc) is 2.78. The second-order valence-electron chi connectivity index (χ2n) is 5.59. The van der Waals surface area contributed by atoms with Gasteiger partial charge in [-0.2, -0.15) is 5.10 Å². The molecule has 96 valence electrons. The number of hydrogen-bond acceptors (Lipinski definition) is 2. The van der Waals surface area contributed by atoms with E-state index >= 15 is 0 Å². The molecule has 1 heterocycles. The lowest BCUT2D eigenvalue weighted by Crippen LogP contribution is -2.31. The van der Waals surface area contributed by atoms with Crippen LogP contribution >= 0.6 is 0 Å². The van der Waals surface area contributed by atoms with Crippen molar-refractivity contribution in [1.29, 1.82) is 0 Å². The van der Waals surface area contributed by atoms with Gasteiger partial charge < -0.3 is 5.32 Å². The number of benzene rings is 1. The SMILES string of the molecule is CNC(c1ccnn1-c1ccccc1)C(C)(C)C. The van der Waals surface area contributed by atoms with E-state index in [4.69, 9.17) is 0 Å². The van der Waals surface area contributed by atoms with Gasteiger partial charge in [0.05, 0.1) is 17.4 Å². The van der Waals surface area contributed by atoms with Crippen molar-refractivity contribution in [3.8, 4) is 5.69 Å². The van der Waals surface area contributed by atoms with Gasteiger partial charge in [0.1, 0.15) is 0 Å². The smallest absolute Gasteiger partial charge is 0.0649 e. The van der Waals surface area contributed by atoms with Crippen LogP contribution < -0.4 is 5.32 Å². The van der Waals surface area contributed by atoms with E-state index in [2.05, 4.69) is 49.4 Å². The summed E-state index contributed by atoms with van der Waals surface area (Å²) in [7, 11) is 2.00. The summed E-state index contributed by atoms with van der Waals surface area (Å²) in [5.74, 6) is 0. The maximum absolute atomic E-state index is 4.45. The molecular weight excluding hydrogens is 222 g/mol. The molecule has 3 heteroatoms. The summed E-state index contributed by atoms with van der Waals surface area (Å²) in [6, 6.07) is 12.6. The van der Waals surface area contributed by atoms with Crippen molar-refractivity contribution in [2.75, 3.05) is 7.05 Å². The van der Waals surface area contributed by atoms with Gasteiger partial charge in [-0.15, -0.1) is 0 Å². The first kappa shape index (κ1) is 12.8. The molecule has 2 aromatic rings. The zero-order chi connectivity index (χ0) is 13.2. The lowest BCUT2D eigenvalue weighted by Gasteiger charge is -2.30. The Morgan fingerprint density at radius 1 is 1.11 bits per heavy atom. The molecule has 1 unspecified atom stereocenters. The van der Waals surface area contributed by atoms with E-state index in [0.717, 1.165) is 5.69 Å². The van der Waals surface area contributed by atoms with Crippen LogP contribution in [-0.2, 0) is 0 Å². The Morgan fingerprint density at radius 2 is 1.78 bits per heavy atom. The summed E-state index contributed by atoms with van der Waals surface area (Å²) in [5, 5.41) is 7.84. The molecule has 18 heavy (non-hydrogen) atoms. The number of aromatic nitrogens is 2. The Kier molecular flexibility index (Phi) is 3.53. The Balaban J connectivity index is 2.45. The standard InChI is InChI=1S/C15H21N3/c1-15(2,3)14(16-4)13-10-11-17-18(13)12-8-6-5-7-9-12/h5-11,14,16H,1-4H3. The van der Waals surface area contributed by atoms with Crippen molar-refractivity contribution in [2.24, 2.45) is 5.41 Å². The van der Waals surface area contributed by atoms with Crippen molar-refractivity contribution in [1.82, 2.24) is 15.1 Å². The minimum absolute atomic E-state index is 0.140. The number of para-hydroxylation sites is 1. The van der Waals surface area contributed by atoms with Gasteiger partial charge in [0.2, 0.25) is 0 Å². The minimum atomic E-state index is 0.140. The molecule has 1 N–H and O–H groups in total. The van der Waals surface area contributed by atoms with Crippen LogP contribution in [0.5, 0.6) is 0 Å². The molecule has 3 nitrogen and oxygen atoms in total. The average molecular weight is 243 g/mol. The fourth-order valence-corrected chi connectivity index (χ4v) is 2.34. The minimum Gasteiger partial charge on any atom is -0.311 e. The van der Waals surface area contributed by atoms with Gasteiger partial charge in [0, 0.05) is 6.20 Å². The van der Waals surface area contributed by atoms with E-state index in [-0.39, 0.29) is 11.5 Å². The van der Waals surface area contributed by atoms with Crippen LogP contribution in [-0.4, -0.2) is 16.8 Å². The van der Waals surface area contributed by atoms with Crippen molar-refractivity contribution < 1.29 is 0 Å². The molecule has 2 rings (SSSR count). The van der Waals surface area contributed by atoms with Crippen LogP contribution in [0.3, 0.4) is 0 Å². The molecule has 1 atom stereocenters. The summed E-state index contributed by atoms with van der Waals surface area (Å²) in [5.41, 5.74) is 2.43. The first-order valence-electron chi connectivity index (χ1n) is 6.30. The summed E-state index contributed by atoms with van der Waals surface area (Å²) in [4.78, 5) is 0. The second kappa shape index (κ2) is 4.94. The third-order valence-corrected chi connectivity index (χ3v) is 3.12. The lowest BCUT2D eigenvalue weighted by molar-refractivity contribution is 0.277. The number of hydrogen-bond donors (Lipinski definition) is 1. The van der Waals surface area contributed by atoms with Gasteiger partial charge in [-0.3, -0.25) is 0 Å². The Morgan fingerprint density at radius 3 is 2.33 bits per heavy atom. The molecule has 0 saturated heterocycles. The first-order chi connectivity index (χ1) is 8.54. The molecule has 1 aromatic carbocycles. The number of rotatable bonds is 3. The molecular formula is C15H21N3.